The number of furan rings is 1. The molecular formula is C16H13N5O4. The van der Waals surface area contributed by atoms with Gasteiger partial charge in [0.15, 0.2) is 0 Å². The molecule has 0 aliphatic carbocycles. The molecule has 9 heteroatoms. The molecule has 3 aromatic rings. The van der Waals surface area contributed by atoms with Crippen molar-refractivity contribution in [2.24, 2.45) is 5.73 Å². The number of nitrogens with two attached hydrogens (primary N) is 1. The molecule has 0 fully saturated rings. The van der Waals surface area contributed by atoms with Crippen molar-refractivity contribution >= 4 is 11.8 Å². The topological polar surface area (TPSA) is 138 Å². The summed E-state index contributed by atoms with van der Waals surface area (Å²) in [4.78, 5) is 40.8. The Kier molecular flexibility index (Phi) is 3.27. The van der Waals surface area contributed by atoms with Crippen LogP contribution in [0.3, 0.4) is 0 Å². The Hall–Kier alpha value is -3.62. The van der Waals surface area contributed by atoms with E-state index in [1.165, 1.54) is 23.4 Å². The Labute approximate surface area is 140 Å². The van der Waals surface area contributed by atoms with E-state index in [0.29, 0.717) is 22.7 Å². The van der Waals surface area contributed by atoms with Gasteiger partial charge in [-0.3, -0.25) is 19.5 Å². The summed E-state index contributed by atoms with van der Waals surface area (Å²) in [6, 6.07) is 5.41. The Balaban J connectivity index is 1.69. The second kappa shape index (κ2) is 5.48. The lowest BCUT2D eigenvalue weighted by Gasteiger charge is -2.22. The Morgan fingerprint density at radius 1 is 1.32 bits per heavy atom. The first-order valence-electron chi connectivity index (χ1n) is 7.46. The van der Waals surface area contributed by atoms with Crippen LogP contribution in [0.1, 0.15) is 27.7 Å². The summed E-state index contributed by atoms with van der Waals surface area (Å²) in [7, 11) is 0. The van der Waals surface area contributed by atoms with Gasteiger partial charge in [0.25, 0.3) is 11.5 Å². The molecule has 1 atom stereocenters. The maximum absolute atomic E-state index is 12.8. The van der Waals surface area contributed by atoms with Gasteiger partial charge in [-0.1, -0.05) is 0 Å². The lowest BCUT2D eigenvalue weighted by molar-refractivity contribution is -0.122. The van der Waals surface area contributed by atoms with Crippen LogP contribution in [0.2, 0.25) is 0 Å². The Morgan fingerprint density at radius 2 is 2.16 bits per heavy atom. The van der Waals surface area contributed by atoms with Crippen LogP contribution in [0.15, 0.2) is 45.9 Å². The van der Waals surface area contributed by atoms with Crippen molar-refractivity contribution in [3.8, 4) is 11.5 Å². The number of carbonyl (C=O) groups is 2. The van der Waals surface area contributed by atoms with Gasteiger partial charge in [-0.2, -0.15) is 5.10 Å². The molecule has 4 N–H and O–H groups in total. The zero-order valence-electron chi connectivity index (χ0n) is 12.9. The number of primary amides is 1. The molecular weight excluding hydrogens is 326 g/mol. The quantitative estimate of drug-likeness (QED) is 0.639. The molecule has 0 saturated heterocycles. The molecule has 4 heterocycles. The average molecular weight is 339 g/mol. The van der Waals surface area contributed by atoms with E-state index in [1.54, 1.807) is 18.2 Å². The molecule has 1 aliphatic heterocycles. The highest BCUT2D eigenvalue weighted by molar-refractivity contribution is 5.98. The summed E-state index contributed by atoms with van der Waals surface area (Å²) in [6.45, 7) is 0.126. The van der Waals surface area contributed by atoms with Crippen molar-refractivity contribution in [3.63, 3.8) is 0 Å². The molecule has 1 unspecified atom stereocenters. The van der Waals surface area contributed by atoms with Gasteiger partial charge < -0.3 is 20.0 Å². The lowest BCUT2D eigenvalue weighted by Crippen LogP contribution is -2.39. The zero-order valence-corrected chi connectivity index (χ0v) is 12.9. The number of nitrogens with zero attached hydrogens (tertiary/aromatic N) is 2. The smallest absolute Gasteiger partial charge is 0.261 e. The van der Waals surface area contributed by atoms with Crippen molar-refractivity contribution in [3.05, 3.63) is 63.9 Å². The summed E-state index contributed by atoms with van der Waals surface area (Å²) in [5.74, 6) is -0.786. The van der Waals surface area contributed by atoms with Crippen LogP contribution < -0.4 is 11.3 Å². The van der Waals surface area contributed by atoms with Gasteiger partial charge in [0.1, 0.15) is 17.4 Å². The summed E-state index contributed by atoms with van der Waals surface area (Å²) >= 11 is 0. The number of fused-ring (bicyclic) bond motifs is 1. The number of H-pyrrole nitrogens is 2. The number of aromatic nitrogens is 3. The standard InChI is InChI=1S/C16H13N5O4/c17-14(22)13-9-6-18-20-11(9)7-21(13)16(24)8-3-4-10(19-15(8)23)12-2-1-5-25-12/h1-6,13H,7H2,(H2,17,22)(H,18,20)(H,19,23). The number of rotatable bonds is 3. The molecule has 0 radical (unpaired) electrons. The predicted octanol–water partition coefficient (Wildman–Crippen LogP) is 0.540. The number of hydrogen-bond acceptors (Lipinski definition) is 5. The summed E-state index contributed by atoms with van der Waals surface area (Å²) in [5.41, 5.74) is 6.40. The summed E-state index contributed by atoms with van der Waals surface area (Å²) < 4.78 is 5.22. The van der Waals surface area contributed by atoms with Gasteiger partial charge in [-0.05, 0) is 24.3 Å². The van der Waals surface area contributed by atoms with Gasteiger partial charge in [-0.15, -0.1) is 0 Å². The fraction of sp³-hybridized carbons (Fsp3) is 0.125. The van der Waals surface area contributed by atoms with Crippen LogP contribution in [0.5, 0.6) is 0 Å². The van der Waals surface area contributed by atoms with Crippen LogP contribution in [0.25, 0.3) is 11.5 Å². The Morgan fingerprint density at radius 3 is 2.84 bits per heavy atom. The van der Waals surface area contributed by atoms with Crippen molar-refractivity contribution in [2.45, 2.75) is 12.6 Å². The first kappa shape index (κ1) is 14.9. The molecule has 126 valence electrons. The molecule has 1 aliphatic rings. The van der Waals surface area contributed by atoms with Crippen LogP contribution in [-0.2, 0) is 11.3 Å². The predicted molar refractivity (Wildman–Crippen MR) is 85.2 cm³/mol. The molecule has 0 bridgehead atoms. The van der Waals surface area contributed by atoms with Crippen molar-refractivity contribution in [2.75, 3.05) is 0 Å². The molecule has 3 aromatic heterocycles. The first-order chi connectivity index (χ1) is 12.1. The third-order valence-electron chi connectivity index (χ3n) is 4.14. The number of hydrogen-bond donors (Lipinski definition) is 3. The number of carbonyl (C=O) groups excluding carboxylic acids is 2. The third-order valence-corrected chi connectivity index (χ3v) is 4.14. The normalized spacial score (nSPS) is 16.0. The number of amides is 2. The monoisotopic (exact) mass is 339 g/mol. The van der Waals surface area contributed by atoms with E-state index in [-0.39, 0.29) is 12.1 Å². The SMILES string of the molecule is NC(=O)C1c2cn[nH]c2CN1C(=O)c1ccc(-c2ccco2)[nH]c1=O. The van der Waals surface area contributed by atoms with Crippen molar-refractivity contribution in [1.29, 1.82) is 0 Å². The lowest BCUT2D eigenvalue weighted by atomic mass is 10.1. The van der Waals surface area contributed by atoms with E-state index in [0.717, 1.165) is 0 Å². The van der Waals surface area contributed by atoms with E-state index in [9.17, 15) is 14.4 Å². The second-order valence-electron chi connectivity index (χ2n) is 5.63. The fourth-order valence-corrected chi connectivity index (χ4v) is 2.98. The van der Waals surface area contributed by atoms with E-state index < -0.39 is 23.4 Å². The molecule has 0 saturated carbocycles. The highest BCUT2D eigenvalue weighted by Gasteiger charge is 2.39. The second-order valence-corrected chi connectivity index (χ2v) is 5.63. The van der Waals surface area contributed by atoms with Gasteiger partial charge in [0, 0.05) is 5.56 Å². The largest absolute Gasteiger partial charge is 0.463 e. The molecule has 25 heavy (non-hydrogen) atoms. The molecule has 0 aromatic carbocycles. The van der Waals surface area contributed by atoms with Gasteiger partial charge in [0.2, 0.25) is 5.91 Å². The zero-order chi connectivity index (χ0) is 17.6. The van der Waals surface area contributed by atoms with E-state index in [1.807, 2.05) is 0 Å². The summed E-state index contributed by atoms with van der Waals surface area (Å²) in [6.07, 6.45) is 2.94. The van der Waals surface area contributed by atoms with Crippen LogP contribution in [0.4, 0.5) is 0 Å². The maximum atomic E-state index is 12.8. The number of pyridine rings is 1. The minimum absolute atomic E-state index is 0.0836. The number of aromatic amines is 2. The minimum atomic E-state index is -0.953. The average Bonchev–Trinajstić information content (AvgIpc) is 3.30. The van der Waals surface area contributed by atoms with Crippen LogP contribution in [-0.4, -0.2) is 31.9 Å². The highest BCUT2D eigenvalue weighted by Crippen LogP contribution is 2.32. The van der Waals surface area contributed by atoms with Gasteiger partial charge in [0.05, 0.1) is 30.4 Å². The maximum Gasteiger partial charge on any atom is 0.261 e. The molecule has 9 nitrogen and oxygen atoms in total. The van der Waals surface area contributed by atoms with Gasteiger partial charge in [-0.25, -0.2) is 0 Å². The minimum Gasteiger partial charge on any atom is -0.463 e. The summed E-state index contributed by atoms with van der Waals surface area (Å²) in [5, 5.41) is 6.58. The van der Waals surface area contributed by atoms with E-state index in [4.69, 9.17) is 10.2 Å². The van der Waals surface area contributed by atoms with Gasteiger partial charge >= 0.3 is 0 Å². The van der Waals surface area contributed by atoms with Crippen molar-refractivity contribution < 1.29 is 14.0 Å². The molecule has 4 rings (SSSR count). The van der Waals surface area contributed by atoms with Crippen molar-refractivity contribution in [1.82, 2.24) is 20.1 Å². The van der Waals surface area contributed by atoms with Crippen LogP contribution >= 0.6 is 0 Å². The molecule has 2 amide bonds. The molecule has 0 spiro atoms. The van der Waals surface area contributed by atoms with E-state index in [2.05, 4.69) is 15.2 Å². The highest BCUT2D eigenvalue weighted by atomic mass is 16.3. The fourth-order valence-electron chi connectivity index (χ4n) is 2.98. The number of nitrogens with one attached hydrogen (secondary N) is 2. The van der Waals surface area contributed by atoms with E-state index >= 15 is 0 Å². The Bertz CT molecular complexity index is 1020. The van der Waals surface area contributed by atoms with Crippen LogP contribution in [0, 0.1) is 0 Å². The third kappa shape index (κ3) is 2.33. The first-order valence-corrected chi connectivity index (χ1v) is 7.46.